The van der Waals surface area contributed by atoms with Gasteiger partial charge in [-0.15, -0.1) is 0 Å². The summed E-state index contributed by atoms with van der Waals surface area (Å²) in [5, 5.41) is 26.3. The molecule has 1 saturated heterocycles. The van der Waals surface area contributed by atoms with E-state index in [9.17, 15) is 38.7 Å². The molecular formula is C33H47N5O10. The summed E-state index contributed by atoms with van der Waals surface area (Å²) in [7, 11) is 0. The average molecular weight is 674 g/mol. The normalized spacial score (nSPS) is 19.2. The number of hydrogen-bond donors (Lipinski definition) is 5. The Labute approximate surface area is 279 Å². The Balaban J connectivity index is 1.84. The van der Waals surface area contributed by atoms with Crippen molar-refractivity contribution in [1.82, 2.24) is 25.8 Å². The first kappa shape index (κ1) is 37.9. The van der Waals surface area contributed by atoms with Gasteiger partial charge in [0.25, 0.3) is 5.91 Å². The second kappa shape index (κ2) is 17.0. The third-order valence-electron chi connectivity index (χ3n) is 8.47. The number of aliphatic hydroxyl groups is 1. The van der Waals surface area contributed by atoms with Gasteiger partial charge in [-0.3, -0.25) is 28.8 Å². The number of carboxylic acids is 1. The molecule has 2 aliphatic rings. The minimum Gasteiger partial charge on any atom is -0.480 e. The predicted octanol–water partition coefficient (Wildman–Crippen LogP) is 0.363. The second-order valence-electron chi connectivity index (χ2n) is 12.9. The molecule has 0 bridgehead atoms. The number of benzene rings is 1. The Morgan fingerprint density at radius 3 is 2.25 bits per heavy atom. The van der Waals surface area contributed by atoms with E-state index < -0.39 is 90.2 Å². The fourth-order valence-corrected chi connectivity index (χ4v) is 5.70. The largest absolute Gasteiger partial charge is 0.480 e. The summed E-state index contributed by atoms with van der Waals surface area (Å²) in [5.41, 5.74) is 2.12. The van der Waals surface area contributed by atoms with Gasteiger partial charge in [-0.1, -0.05) is 65.3 Å². The summed E-state index contributed by atoms with van der Waals surface area (Å²) in [5.74, 6) is -6.68. The summed E-state index contributed by atoms with van der Waals surface area (Å²) in [6.07, 6.45) is -1.97. The lowest BCUT2D eigenvalue weighted by Crippen LogP contribution is -2.58. The highest BCUT2D eigenvalue weighted by Crippen LogP contribution is 2.26. The molecule has 2 heterocycles. The number of nitrogens with one attached hydrogen (secondary N) is 3. The maximum absolute atomic E-state index is 14.0. The highest BCUT2D eigenvalue weighted by atomic mass is 16.6. The molecule has 264 valence electrons. The topological polar surface area (TPSA) is 212 Å². The van der Waals surface area contributed by atoms with Gasteiger partial charge in [-0.25, -0.2) is 4.79 Å². The lowest BCUT2D eigenvalue weighted by atomic mass is 10.00. The number of ketones is 1. The third-order valence-corrected chi connectivity index (χ3v) is 8.47. The summed E-state index contributed by atoms with van der Waals surface area (Å²) in [4.78, 5) is 92.6. The maximum Gasteiger partial charge on any atom is 0.410 e. The third kappa shape index (κ3) is 9.75. The van der Waals surface area contributed by atoms with Crippen LogP contribution in [0.15, 0.2) is 24.3 Å². The van der Waals surface area contributed by atoms with Crippen molar-refractivity contribution in [2.45, 2.75) is 97.2 Å². The van der Waals surface area contributed by atoms with Crippen molar-refractivity contribution in [3.05, 3.63) is 35.4 Å². The van der Waals surface area contributed by atoms with Crippen LogP contribution in [0, 0.1) is 11.8 Å². The Bertz CT molecular complexity index is 1380. The van der Waals surface area contributed by atoms with Crippen molar-refractivity contribution in [1.29, 1.82) is 0 Å². The quantitative estimate of drug-likeness (QED) is 0.171. The van der Waals surface area contributed by atoms with E-state index >= 15 is 0 Å². The van der Waals surface area contributed by atoms with Gasteiger partial charge < -0.3 is 40.7 Å². The van der Waals surface area contributed by atoms with Crippen molar-refractivity contribution in [2.75, 3.05) is 19.6 Å². The van der Waals surface area contributed by atoms with Crippen molar-refractivity contribution < 1.29 is 48.5 Å². The highest BCUT2D eigenvalue weighted by molar-refractivity contribution is 6.38. The van der Waals surface area contributed by atoms with Crippen LogP contribution < -0.4 is 16.0 Å². The lowest BCUT2D eigenvalue weighted by molar-refractivity contribution is -0.145. The number of amides is 5. The minimum absolute atomic E-state index is 0.0539. The zero-order valence-corrected chi connectivity index (χ0v) is 28.1. The number of aliphatic carboxylic acids is 1. The van der Waals surface area contributed by atoms with E-state index in [2.05, 4.69) is 10.6 Å². The zero-order valence-electron chi connectivity index (χ0n) is 28.1. The van der Waals surface area contributed by atoms with E-state index in [1.54, 1.807) is 34.6 Å². The van der Waals surface area contributed by atoms with Crippen LogP contribution in [-0.4, -0.2) is 111 Å². The molecule has 0 saturated carbocycles. The van der Waals surface area contributed by atoms with E-state index in [-0.39, 0.29) is 19.4 Å². The van der Waals surface area contributed by atoms with Crippen molar-refractivity contribution in [2.24, 2.45) is 11.8 Å². The van der Waals surface area contributed by atoms with Crippen LogP contribution in [0.2, 0.25) is 0 Å². The molecule has 1 aromatic rings. The Morgan fingerprint density at radius 2 is 1.65 bits per heavy atom. The van der Waals surface area contributed by atoms with Gasteiger partial charge in [0.15, 0.2) is 0 Å². The molecular weight excluding hydrogens is 626 g/mol. The number of hydrogen-bond acceptors (Lipinski definition) is 9. The van der Waals surface area contributed by atoms with Crippen LogP contribution >= 0.6 is 0 Å². The Kier molecular flexibility index (Phi) is 13.5. The molecule has 0 aliphatic carbocycles. The Hall–Kier alpha value is -4.53. The fraction of sp³-hybridized carbons (Fsp3) is 0.606. The van der Waals surface area contributed by atoms with Gasteiger partial charge in [0, 0.05) is 19.5 Å². The number of likely N-dealkylation sites (tertiary alicyclic amines) is 1. The van der Waals surface area contributed by atoms with E-state index in [0.29, 0.717) is 25.9 Å². The number of ether oxygens (including phenoxy) is 1. The molecule has 3 rings (SSSR count). The maximum atomic E-state index is 14.0. The van der Waals surface area contributed by atoms with Crippen molar-refractivity contribution in [3.8, 4) is 0 Å². The van der Waals surface area contributed by atoms with Crippen molar-refractivity contribution in [3.63, 3.8) is 0 Å². The SMILES string of the molecule is CCCC(NC(=O)[C@@H]1C[C@@H](OC(=O)N2CCc3ccccc3C2)CN1C(=O)[C@@H](NC(=O)C(O)C(C)C)C(C)C)C(=O)C(=O)NCC(=O)O. The van der Waals surface area contributed by atoms with Crippen LogP contribution in [0.4, 0.5) is 4.79 Å². The molecule has 0 radical (unpaired) electrons. The number of carbonyl (C=O) groups excluding carboxylic acids is 6. The zero-order chi connectivity index (χ0) is 35.7. The fourth-order valence-electron chi connectivity index (χ4n) is 5.70. The average Bonchev–Trinajstić information content (AvgIpc) is 3.48. The number of nitrogens with zero attached hydrogens (tertiary/aromatic N) is 2. The molecule has 1 aromatic carbocycles. The van der Waals surface area contributed by atoms with Gasteiger partial charge in [0.1, 0.15) is 30.8 Å². The number of rotatable bonds is 14. The van der Waals surface area contributed by atoms with Gasteiger partial charge in [0.2, 0.25) is 23.5 Å². The van der Waals surface area contributed by atoms with Crippen LogP contribution in [0.25, 0.3) is 0 Å². The molecule has 5 N–H and O–H groups in total. The number of fused-ring (bicyclic) bond motifs is 1. The highest BCUT2D eigenvalue weighted by Gasteiger charge is 2.45. The standard InChI is InChI=1S/C33H47N5O10/c1-6-9-23(28(42)30(44)34-15-25(39)40)35-29(43)24-14-22(48-33(47)37-13-12-20-10-7-8-11-21(20)16-37)17-38(24)32(46)26(18(2)3)36-31(45)27(41)19(4)5/h7-8,10-11,18-19,22-24,26-27,41H,6,9,12-17H2,1-5H3,(H,34,44)(H,35,43)(H,36,45)(H,39,40)/t22-,23?,24+,26+,27?/m1/s1. The van der Waals surface area contributed by atoms with Gasteiger partial charge in [-0.05, 0) is 35.8 Å². The number of carbonyl (C=O) groups is 7. The lowest BCUT2D eigenvalue weighted by Gasteiger charge is -2.31. The Morgan fingerprint density at radius 1 is 0.979 bits per heavy atom. The van der Waals surface area contributed by atoms with Gasteiger partial charge >= 0.3 is 12.1 Å². The first-order valence-corrected chi connectivity index (χ1v) is 16.3. The molecule has 48 heavy (non-hydrogen) atoms. The predicted molar refractivity (Wildman–Crippen MR) is 171 cm³/mol. The summed E-state index contributed by atoms with van der Waals surface area (Å²) < 4.78 is 5.81. The molecule has 0 aromatic heterocycles. The van der Waals surface area contributed by atoms with Crippen molar-refractivity contribution >= 4 is 41.5 Å². The number of aliphatic hydroxyl groups excluding tert-OH is 1. The van der Waals surface area contributed by atoms with Gasteiger partial charge in [0.05, 0.1) is 12.6 Å². The van der Waals surface area contributed by atoms with Crippen LogP contribution in [0.5, 0.6) is 0 Å². The molecule has 0 spiro atoms. The molecule has 2 unspecified atom stereocenters. The minimum atomic E-state index is -1.38. The second-order valence-corrected chi connectivity index (χ2v) is 12.9. The molecule has 5 amide bonds. The molecule has 1 fully saturated rings. The van der Waals surface area contributed by atoms with Gasteiger partial charge in [-0.2, -0.15) is 0 Å². The first-order chi connectivity index (χ1) is 22.6. The summed E-state index contributed by atoms with van der Waals surface area (Å²) >= 11 is 0. The van der Waals surface area contributed by atoms with E-state index in [4.69, 9.17) is 9.84 Å². The van der Waals surface area contributed by atoms with Crippen LogP contribution in [-0.2, 0) is 46.5 Å². The van der Waals surface area contributed by atoms with E-state index in [0.717, 1.165) is 11.1 Å². The van der Waals surface area contributed by atoms with Crippen LogP contribution in [0.3, 0.4) is 0 Å². The summed E-state index contributed by atoms with van der Waals surface area (Å²) in [6, 6.07) is 4.03. The molecule has 2 aliphatic heterocycles. The molecule has 5 atom stereocenters. The van der Waals surface area contributed by atoms with Crippen LogP contribution in [0.1, 0.15) is 65.0 Å². The molecule has 15 nitrogen and oxygen atoms in total. The first-order valence-electron chi connectivity index (χ1n) is 16.3. The smallest absolute Gasteiger partial charge is 0.410 e. The molecule has 15 heteroatoms. The van der Waals surface area contributed by atoms with E-state index in [1.807, 2.05) is 29.6 Å². The summed E-state index contributed by atoms with van der Waals surface area (Å²) in [6.45, 7) is 8.16. The number of Topliss-reactive ketones (excluding diaryl/α,β-unsaturated/α-hetero) is 1. The monoisotopic (exact) mass is 673 g/mol. The van der Waals surface area contributed by atoms with E-state index in [1.165, 1.54) is 9.80 Å². The number of carboxylic acid groups (broad SMARTS) is 1.